The second-order valence-corrected chi connectivity index (χ2v) is 7.25. The van der Waals surface area contributed by atoms with Crippen LogP contribution in [0.5, 0.6) is 5.75 Å². The Hall–Kier alpha value is -4.68. The molecule has 0 bridgehead atoms. The summed E-state index contributed by atoms with van der Waals surface area (Å²) < 4.78 is 5.58. The van der Waals surface area contributed by atoms with Crippen LogP contribution in [-0.2, 0) is 9.59 Å². The molecule has 0 unspecified atom stereocenters. The zero-order valence-electron chi connectivity index (χ0n) is 17.5. The SMILES string of the molecule is N#C/C(=C\c1ccccc1OCC(=O)Nc1ccc(Cl)cc1)C(=O)Nc1cccc([N+](=O)[O-])c1. The highest BCUT2D eigenvalue weighted by atomic mass is 35.5. The van der Waals surface area contributed by atoms with Crippen molar-refractivity contribution >= 4 is 46.6 Å². The molecule has 9 nitrogen and oxygen atoms in total. The fourth-order valence-electron chi connectivity index (χ4n) is 2.80. The van der Waals surface area contributed by atoms with E-state index in [9.17, 15) is 25.0 Å². The molecule has 0 spiro atoms. The summed E-state index contributed by atoms with van der Waals surface area (Å²) in [6, 6.07) is 20.3. The number of halogens is 1. The summed E-state index contributed by atoms with van der Waals surface area (Å²) in [6.07, 6.45) is 1.30. The van der Waals surface area contributed by atoms with E-state index in [1.807, 2.05) is 0 Å². The standard InChI is InChI=1S/C24H17ClN4O5/c25-18-8-10-19(11-9-18)27-23(30)15-34-22-7-2-1-4-16(22)12-17(14-26)24(31)28-20-5-3-6-21(13-20)29(32)33/h1-13H,15H2,(H,27,30)(H,28,31)/b17-12+. The number of hydrogen-bond acceptors (Lipinski definition) is 6. The molecule has 0 saturated carbocycles. The van der Waals surface area contributed by atoms with E-state index in [0.717, 1.165) is 0 Å². The fraction of sp³-hybridized carbons (Fsp3) is 0.0417. The van der Waals surface area contributed by atoms with Crippen molar-refractivity contribution in [1.82, 2.24) is 0 Å². The third-order valence-corrected chi connectivity index (χ3v) is 4.64. The van der Waals surface area contributed by atoms with Crippen molar-refractivity contribution in [3.63, 3.8) is 0 Å². The number of amides is 2. The van der Waals surface area contributed by atoms with Crippen LogP contribution in [0.15, 0.2) is 78.4 Å². The first-order valence-corrected chi connectivity index (χ1v) is 10.2. The minimum Gasteiger partial charge on any atom is -0.483 e. The van der Waals surface area contributed by atoms with E-state index >= 15 is 0 Å². The molecule has 0 heterocycles. The van der Waals surface area contributed by atoms with Crippen molar-refractivity contribution < 1.29 is 19.2 Å². The van der Waals surface area contributed by atoms with Crippen LogP contribution in [0.2, 0.25) is 5.02 Å². The van der Waals surface area contributed by atoms with E-state index in [1.54, 1.807) is 54.6 Å². The summed E-state index contributed by atoms with van der Waals surface area (Å²) in [6.45, 7) is -0.310. The predicted octanol–water partition coefficient (Wildman–Crippen LogP) is 4.81. The van der Waals surface area contributed by atoms with Gasteiger partial charge < -0.3 is 15.4 Å². The Bertz CT molecular complexity index is 1300. The summed E-state index contributed by atoms with van der Waals surface area (Å²) in [5.74, 6) is -0.882. The van der Waals surface area contributed by atoms with Crippen molar-refractivity contribution in [1.29, 1.82) is 5.26 Å². The van der Waals surface area contributed by atoms with Gasteiger partial charge in [-0.25, -0.2) is 0 Å². The number of nitro groups is 1. The first-order chi connectivity index (χ1) is 16.4. The Morgan fingerprint density at radius 2 is 1.76 bits per heavy atom. The maximum absolute atomic E-state index is 12.5. The van der Waals surface area contributed by atoms with Gasteiger partial charge in [-0.15, -0.1) is 0 Å². The van der Waals surface area contributed by atoms with Crippen LogP contribution in [0.3, 0.4) is 0 Å². The number of nitrogens with zero attached hydrogens (tertiary/aromatic N) is 2. The van der Waals surface area contributed by atoms with Crippen molar-refractivity contribution in [2.75, 3.05) is 17.2 Å². The third kappa shape index (κ3) is 6.66. The Morgan fingerprint density at radius 3 is 2.47 bits per heavy atom. The molecule has 34 heavy (non-hydrogen) atoms. The number of carbonyl (C=O) groups excluding carboxylic acids is 2. The number of nitrogens with one attached hydrogen (secondary N) is 2. The van der Waals surface area contributed by atoms with Crippen LogP contribution in [0.4, 0.5) is 17.1 Å². The molecular weight excluding hydrogens is 460 g/mol. The summed E-state index contributed by atoms with van der Waals surface area (Å²) in [4.78, 5) is 35.1. The van der Waals surface area contributed by atoms with Gasteiger partial charge in [0.1, 0.15) is 17.4 Å². The summed E-state index contributed by atoms with van der Waals surface area (Å²) in [5.41, 5.74) is 0.663. The number of anilines is 2. The van der Waals surface area contributed by atoms with Crippen LogP contribution < -0.4 is 15.4 Å². The molecule has 0 aromatic heterocycles. The van der Waals surface area contributed by atoms with Crippen LogP contribution in [0, 0.1) is 21.4 Å². The number of benzene rings is 3. The monoisotopic (exact) mass is 476 g/mol. The summed E-state index contributed by atoms with van der Waals surface area (Å²) in [7, 11) is 0. The fourth-order valence-corrected chi connectivity index (χ4v) is 2.93. The van der Waals surface area contributed by atoms with E-state index in [-0.39, 0.29) is 29.3 Å². The van der Waals surface area contributed by atoms with E-state index < -0.39 is 16.7 Å². The first-order valence-electron chi connectivity index (χ1n) is 9.80. The highest BCUT2D eigenvalue weighted by Crippen LogP contribution is 2.23. The molecule has 0 aliphatic rings. The lowest BCUT2D eigenvalue weighted by molar-refractivity contribution is -0.384. The topological polar surface area (TPSA) is 134 Å². The van der Waals surface area contributed by atoms with Crippen molar-refractivity contribution in [3.8, 4) is 11.8 Å². The number of rotatable bonds is 8. The molecular formula is C24H17ClN4O5. The van der Waals surface area contributed by atoms with Crippen LogP contribution in [0.1, 0.15) is 5.56 Å². The molecule has 10 heteroatoms. The Balaban J connectivity index is 1.70. The van der Waals surface area contributed by atoms with Crippen molar-refractivity contribution in [2.45, 2.75) is 0 Å². The number of hydrogen-bond donors (Lipinski definition) is 2. The lowest BCUT2D eigenvalue weighted by Crippen LogP contribution is -2.20. The van der Waals surface area contributed by atoms with Crippen molar-refractivity contribution in [2.24, 2.45) is 0 Å². The van der Waals surface area contributed by atoms with Crippen LogP contribution >= 0.6 is 11.6 Å². The maximum atomic E-state index is 12.5. The third-order valence-electron chi connectivity index (χ3n) is 4.39. The van der Waals surface area contributed by atoms with Gasteiger partial charge in [0.05, 0.1) is 4.92 Å². The number of nitro benzene ring substituents is 1. The quantitative estimate of drug-likeness (QED) is 0.207. The van der Waals surface area contributed by atoms with Gasteiger partial charge in [-0.3, -0.25) is 19.7 Å². The normalized spacial score (nSPS) is 10.6. The summed E-state index contributed by atoms with van der Waals surface area (Å²) >= 11 is 5.83. The minimum absolute atomic E-state index is 0.170. The number of non-ortho nitro benzene ring substituents is 1. The molecule has 170 valence electrons. The molecule has 3 aromatic carbocycles. The highest BCUT2D eigenvalue weighted by Gasteiger charge is 2.14. The smallest absolute Gasteiger partial charge is 0.271 e. The van der Waals surface area contributed by atoms with Gasteiger partial charge in [0.25, 0.3) is 17.5 Å². The van der Waals surface area contributed by atoms with E-state index in [4.69, 9.17) is 16.3 Å². The number of carbonyl (C=O) groups is 2. The molecule has 2 amide bonds. The van der Waals surface area contributed by atoms with E-state index in [1.165, 1.54) is 30.3 Å². The highest BCUT2D eigenvalue weighted by molar-refractivity contribution is 6.30. The van der Waals surface area contributed by atoms with Gasteiger partial charge in [0.15, 0.2) is 6.61 Å². The number of ether oxygens (including phenoxy) is 1. The van der Waals surface area contributed by atoms with Gasteiger partial charge in [-0.1, -0.05) is 35.9 Å². The average molecular weight is 477 g/mol. The molecule has 2 N–H and O–H groups in total. The number of para-hydroxylation sites is 1. The van der Waals surface area contributed by atoms with Gasteiger partial charge in [-0.2, -0.15) is 5.26 Å². The molecule has 0 radical (unpaired) electrons. The summed E-state index contributed by atoms with van der Waals surface area (Å²) in [5, 5.41) is 26.1. The predicted molar refractivity (Wildman–Crippen MR) is 127 cm³/mol. The Morgan fingerprint density at radius 1 is 1.03 bits per heavy atom. The second kappa shape index (κ2) is 11.3. The zero-order valence-corrected chi connectivity index (χ0v) is 18.3. The second-order valence-electron chi connectivity index (χ2n) is 6.81. The van der Waals surface area contributed by atoms with Gasteiger partial charge in [0, 0.05) is 34.1 Å². The molecule has 0 atom stereocenters. The molecule has 3 rings (SSSR count). The molecule has 0 aliphatic heterocycles. The Labute approximate surface area is 199 Å². The molecule has 0 aliphatic carbocycles. The average Bonchev–Trinajstić information content (AvgIpc) is 2.83. The zero-order chi connectivity index (χ0) is 24.5. The largest absolute Gasteiger partial charge is 0.483 e. The maximum Gasteiger partial charge on any atom is 0.271 e. The van der Waals surface area contributed by atoms with Crippen LogP contribution in [-0.4, -0.2) is 23.3 Å². The van der Waals surface area contributed by atoms with Crippen molar-refractivity contribution in [3.05, 3.63) is 99.1 Å². The van der Waals surface area contributed by atoms with E-state index in [0.29, 0.717) is 16.3 Å². The first kappa shape index (κ1) is 24.0. The van der Waals surface area contributed by atoms with Gasteiger partial charge >= 0.3 is 0 Å². The lowest BCUT2D eigenvalue weighted by atomic mass is 10.1. The Kier molecular flexibility index (Phi) is 7.94. The van der Waals surface area contributed by atoms with Crippen LogP contribution in [0.25, 0.3) is 6.08 Å². The molecule has 3 aromatic rings. The van der Waals surface area contributed by atoms with Gasteiger partial charge in [0.2, 0.25) is 0 Å². The lowest BCUT2D eigenvalue weighted by Gasteiger charge is -2.10. The van der Waals surface area contributed by atoms with Gasteiger partial charge in [-0.05, 0) is 42.5 Å². The molecule has 0 fully saturated rings. The number of nitriles is 1. The molecule has 0 saturated heterocycles. The van der Waals surface area contributed by atoms with E-state index in [2.05, 4.69) is 10.6 Å². The minimum atomic E-state index is -0.752.